The Kier molecular flexibility index (Phi) is 6.36. The third-order valence-corrected chi connectivity index (χ3v) is 6.02. The molecule has 3 N–H and O–H groups in total. The van der Waals surface area contributed by atoms with E-state index in [2.05, 4.69) is 15.3 Å². The van der Waals surface area contributed by atoms with Crippen molar-refractivity contribution in [3.05, 3.63) is 18.5 Å². The van der Waals surface area contributed by atoms with E-state index in [4.69, 9.17) is 5.73 Å². The molecule has 3 amide bonds. The van der Waals surface area contributed by atoms with Gasteiger partial charge in [-0.2, -0.15) is 5.10 Å². The van der Waals surface area contributed by atoms with Gasteiger partial charge in [-0.25, -0.2) is 4.79 Å². The van der Waals surface area contributed by atoms with E-state index in [0.717, 1.165) is 38.9 Å². The summed E-state index contributed by atoms with van der Waals surface area (Å²) in [6.45, 7) is 5.77. The molecule has 2 aliphatic rings. The number of carbonyl (C=O) groups is 2. The second kappa shape index (κ2) is 8.73. The van der Waals surface area contributed by atoms with Gasteiger partial charge in [0.1, 0.15) is 5.54 Å². The molecule has 27 heavy (non-hydrogen) atoms. The van der Waals surface area contributed by atoms with E-state index >= 15 is 0 Å². The molecule has 3 heterocycles. The lowest BCUT2D eigenvalue weighted by Gasteiger charge is -2.48. The van der Waals surface area contributed by atoms with Crippen molar-refractivity contribution in [2.75, 3.05) is 26.2 Å². The Labute approximate surface area is 161 Å². The Bertz CT molecular complexity index is 618. The molecular formula is C19H32N6O2. The quantitative estimate of drug-likeness (QED) is 0.779. The summed E-state index contributed by atoms with van der Waals surface area (Å²) in [6.07, 6.45) is 9.19. The lowest BCUT2D eigenvalue weighted by atomic mass is 9.83. The zero-order valence-corrected chi connectivity index (χ0v) is 16.3. The molecule has 2 saturated heterocycles. The molecule has 150 valence electrons. The summed E-state index contributed by atoms with van der Waals surface area (Å²) in [5, 5.41) is 7.24. The van der Waals surface area contributed by atoms with Gasteiger partial charge < -0.3 is 16.0 Å². The minimum Gasteiger partial charge on any atom is -0.368 e. The van der Waals surface area contributed by atoms with Gasteiger partial charge in [-0.3, -0.25) is 14.4 Å². The number of nitrogens with zero attached hydrogens (tertiary/aromatic N) is 4. The van der Waals surface area contributed by atoms with Crippen molar-refractivity contribution in [2.24, 2.45) is 5.73 Å². The first kappa shape index (κ1) is 19.7. The number of hydrogen-bond acceptors (Lipinski definition) is 4. The summed E-state index contributed by atoms with van der Waals surface area (Å²) in [4.78, 5) is 29.0. The van der Waals surface area contributed by atoms with Gasteiger partial charge in [-0.1, -0.05) is 6.42 Å². The molecule has 3 rings (SSSR count). The molecule has 0 radical (unpaired) electrons. The molecular weight excluding hydrogens is 344 g/mol. The van der Waals surface area contributed by atoms with Gasteiger partial charge >= 0.3 is 6.03 Å². The number of aromatic nitrogens is 2. The van der Waals surface area contributed by atoms with Gasteiger partial charge in [0.2, 0.25) is 5.91 Å². The van der Waals surface area contributed by atoms with Crippen LogP contribution in [0.25, 0.3) is 0 Å². The minimum atomic E-state index is -0.580. The lowest BCUT2D eigenvalue weighted by Crippen LogP contribution is -2.64. The van der Waals surface area contributed by atoms with Crippen LogP contribution in [0.2, 0.25) is 0 Å². The molecule has 0 aromatic carbocycles. The van der Waals surface area contributed by atoms with Gasteiger partial charge in [0.05, 0.1) is 0 Å². The summed E-state index contributed by atoms with van der Waals surface area (Å²) in [7, 11) is 0. The zero-order valence-electron chi connectivity index (χ0n) is 16.3. The van der Waals surface area contributed by atoms with Gasteiger partial charge in [-0.05, 0) is 58.2 Å². The average Bonchev–Trinajstić information content (AvgIpc) is 3.20. The first-order chi connectivity index (χ1) is 13.0. The molecule has 0 aliphatic carbocycles. The number of piperidine rings is 2. The van der Waals surface area contributed by atoms with E-state index in [1.807, 2.05) is 28.8 Å². The fourth-order valence-electron chi connectivity index (χ4n) is 4.25. The molecule has 8 nitrogen and oxygen atoms in total. The van der Waals surface area contributed by atoms with E-state index < -0.39 is 5.54 Å². The Morgan fingerprint density at radius 3 is 2.48 bits per heavy atom. The molecule has 1 atom stereocenters. The van der Waals surface area contributed by atoms with Gasteiger partial charge in [0, 0.05) is 38.1 Å². The van der Waals surface area contributed by atoms with Crippen molar-refractivity contribution >= 4 is 11.9 Å². The number of primary amides is 1. The van der Waals surface area contributed by atoms with Crippen LogP contribution in [0.3, 0.4) is 0 Å². The predicted molar refractivity (Wildman–Crippen MR) is 103 cm³/mol. The van der Waals surface area contributed by atoms with Gasteiger partial charge in [0.25, 0.3) is 0 Å². The van der Waals surface area contributed by atoms with Crippen LogP contribution in [0.1, 0.15) is 45.4 Å². The maximum atomic E-state index is 12.6. The third kappa shape index (κ3) is 4.61. The highest BCUT2D eigenvalue weighted by molar-refractivity contribution is 5.85. The molecule has 0 saturated carbocycles. The largest absolute Gasteiger partial charge is 0.368 e. The zero-order chi connectivity index (χ0) is 19.3. The van der Waals surface area contributed by atoms with E-state index in [-0.39, 0.29) is 18.0 Å². The Morgan fingerprint density at radius 1 is 1.19 bits per heavy atom. The third-order valence-electron chi connectivity index (χ3n) is 6.02. The standard InChI is InChI=1S/C19H32N6O2/c1-16(6-13-25-12-5-9-21-25)22-18(27)23-14-7-19(8-15-23,17(20)26)24-10-3-2-4-11-24/h5,9,12,16H,2-4,6-8,10-11,13-15H2,1H3,(H2,20,26)(H,22,27). The molecule has 1 unspecified atom stereocenters. The van der Waals surface area contributed by atoms with Crippen molar-refractivity contribution in [1.29, 1.82) is 0 Å². The summed E-state index contributed by atoms with van der Waals surface area (Å²) in [5.41, 5.74) is 5.23. The van der Waals surface area contributed by atoms with E-state index in [1.165, 1.54) is 6.42 Å². The summed E-state index contributed by atoms with van der Waals surface area (Å²) in [5.74, 6) is -0.239. The van der Waals surface area contributed by atoms with Gasteiger partial charge in [0.15, 0.2) is 0 Å². The normalized spacial score (nSPS) is 21.6. The van der Waals surface area contributed by atoms with Crippen molar-refractivity contribution in [1.82, 2.24) is 24.9 Å². The van der Waals surface area contributed by atoms with Crippen molar-refractivity contribution < 1.29 is 9.59 Å². The van der Waals surface area contributed by atoms with Crippen molar-refractivity contribution in [3.8, 4) is 0 Å². The number of hydrogen-bond donors (Lipinski definition) is 2. The average molecular weight is 377 g/mol. The maximum Gasteiger partial charge on any atom is 0.317 e. The number of aryl methyl sites for hydroxylation is 1. The second-order valence-electron chi connectivity index (χ2n) is 7.84. The Morgan fingerprint density at radius 2 is 1.89 bits per heavy atom. The number of rotatable bonds is 6. The number of urea groups is 1. The monoisotopic (exact) mass is 376 g/mol. The number of carbonyl (C=O) groups excluding carboxylic acids is 2. The SMILES string of the molecule is CC(CCn1cccn1)NC(=O)N1CCC(C(N)=O)(N2CCCCC2)CC1. The van der Waals surface area contributed by atoms with Crippen LogP contribution in [0.15, 0.2) is 18.5 Å². The first-order valence-electron chi connectivity index (χ1n) is 10.1. The number of nitrogens with one attached hydrogen (secondary N) is 1. The Balaban J connectivity index is 1.49. The minimum absolute atomic E-state index is 0.0559. The summed E-state index contributed by atoms with van der Waals surface area (Å²) < 4.78 is 1.86. The topological polar surface area (TPSA) is 96.5 Å². The number of amides is 3. The van der Waals surface area contributed by atoms with E-state index in [9.17, 15) is 9.59 Å². The van der Waals surface area contributed by atoms with E-state index in [1.54, 1.807) is 6.20 Å². The van der Waals surface area contributed by atoms with Gasteiger partial charge in [-0.15, -0.1) is 0 Å². The fraction of sp³-hybridized carbons (Fsp3) is 0.737. The molecule has 8 heteroatoms. The first-order valence-corrected chi connectivity index (χ1v) is 10.1. The number of likely N-dealkylation sites (tertiary alicyclic amines) is 2. The fourth-order valence-corrected chi connectivity index (χ4v) is 4.25. The second-order valence-corrected chi connectivity index (χ2v) is 7.84. The smallest absolute Gasteiger partial charge is 0.317 e. The van der Waals surface area contributed by atoms with Crippen LogP contribution >= 0.6 is 0 Å². The van der Waals surface area contributed by atoms with Crippen LogP contribution in [0.5, 0.6) is 0 Å². The molecule has 2 fully saturated rings. The highest BCUT2D eigenvalue weighted by atomic mass is 16.2. The highest BCUT2D eigenvalue weighted by Gasteiger charge is 2.45. The Hall–Kier alpha value is -2.09. The summed E-state index contributed by atoms with van der Waals surface area (Å²) >= 11 is 0. The highest BCUT2D eigenvalue weighted by Crippen LogP contribution is 2.31. The van der Waals surface area contributed by atoms with Crippen LogP contribution in [0.4, 0.5) is 4.79 Å². The molecule has 1 aromatic rings. The summed E-state index contributed by atoms with van der Waals surface area (Å²) in [6, 6.07) is 1.90. The van der Waals surface area contributed by atoms with E-state index in [0.29, 0.717) is 25.9 Å². The van der Waals surface area contributed by atoms with Crippen LogP contribution in [-0.4, -0.2) is 69.3 Å². The van der Waals surface area contributed by atoms with Crippen molar-refractivity contribution in [2.45, 2.75) is 63.6 Å². The molecule has 2 aliphatic heterocycles. The molecule has 0 spiro atoms. The van der Waals surface area contributed by atoms with Crippen molar-refractivity contribution in [3.63, 3.8) is 0 Å². The lowest BCUT2D eigenvalue weighted by molar-refractivity contribution is -0.134. The molecule has 1 aromatic heterocycles. The maximum absolute atomic E-state index is 12.6. The van der Waals surface area contributed by atoms with Crippen LogP contribution < -0.4 is 11.1 Å². The molecule has 0 bridgehead atoms. The van der Waals surface area contributed by atoms with Crippen LogP contribution in [-0.2, 0) is 11.3 Å². The number of nitrogens with two attached hydrogens (primary N) is 1. The predicted octanol–water partition coefficient (Wildman–Crippen LogP) is 1.18. The van der Waals surface area contributed by atoms with Crippen LogP contribution in [0, 0.1) is 0 Å².